The molecule has 0 aliphatic heterocycles. The Bertz CT molecular complexity index is 381. The lowest BCUT2D eigenvalue weighted by Crippen LogP contribution is -2.43. The average Bonchev–Trinajstić information content (AvgIpc) is 2.45. The minimum Gasteiger partial charge on any atom is -0.271 e. The fourth-order valence-electron chi connectivity index (χ4n) is 3.45. The minimum absolute atomic E-state index is 0.430. The van der Waals surface area contributed by atoms with E-state index in [1.54, 1.807) is 0 Å². The van der Waals surface area contributed by atoms with Gasteiger partial charge in [-0.1, -0.05) is 56.0 Å². The Morgan fingerprint density at radius 1 is 1.26 bits per heavy atom. The largest absolute Gasteiger partial charge is 0.271 e. The number of nitrogens with one attached hydrogen (secondary N) is 1. The molecule has 1 aromatic rings. The summed E-state index contributed by atoms with van der Waals surface area (Å²) in [6.45, 7) is 4.47. The van der Waals surface area contributed by atoms with Crippen LogP contribution in [0.25, 0.3) is 0 Å². The Kier molecular flexibility index (Phi) is 5.41. The standard InChI is InChI=1S/C17H28N2/c1-3-14-7-9-16(10-8-14)17(19-18)12-15-6-4-5-13(2)11-15/h4-6,11,14,16-17,19H,3,7-10,12,18H2,1-2H3. The summed E-state index contributed by atoms with van der Waals surface area (Å²) in [6.07, 6.45) is 7.82. The first-order chi connectivity index (χ1) is 9.22. The van der Waals surface area contributed by atoms with Gasteiger partial charge in [0.05, 0.1) is 0 Å². The Balaban J connectivity index is 1.93. The van der Waals surface area contributed by atoms with Gasteiger partial charge in [-0.25, -0.2) is 0 Å². The predicted molar refractivity (Wildman–Crippen MR) is 81.7 cm³/mol. The van der Waals surface area contributed by atoms with Crippen LogP contribution in [-0.4, -0.2) is 6.04 Å². The highest BCUT2D eigenvalue weighted by molar-refractivity contribution is 5.23. The van der Waals surface area contributed by atoms with E-state index in [0.717, 1.165) is 18.3 Å². The number of hydrogen-bond acceptors (Lipinski definition) is 2. The number of nitrogens with two attached hydrogens (primary N) is 1. The van der Waals surface area contributed by atoms with Gasteiger partial charge in [-0.15, -0.1) is 0 Å². The second kappa shape index (κ2) is 7.06. The summed E-state index contributed by atoms with van der Waals surface area (Å²) in [6, 6.07) is 9.23. The van der Waals surface area contributed by atoms with Gasteiger partial charge in [-0.3, -0.25) is 11.3 Å². The Morgan fingerprint density at radius 2 is 2.00 bits per heavy atom. The summed E-state index contributed by atoms with van der Waals surface area (Å²) in [5.41, 5.74) is 5.81. The maximum atomic E-state index is 5.81. The molecule has 1 aromatic carbocycles. The van der Waals surface area contributed by atoms with Gasteiger partial charge in [-0.05, 0) is 43.6 Å². The third-order valence-corrected chi connectivity index (χ3v) is 4.79. The molecule has 0 heterocycles. The van der Waals surface area contributed by atoms with Crippen molar-refractivity contribution in [2.75, 3.05) is 0 Å². The fraction of sp³-hybridized carbons (Fsp3) is 0.647. The van der Waals surface area contributed by atoms with Crippen LogP contribution in [0, 0.1) is 18.8 Å². The molecule has 0 spiro atoms. The quantitative estimate of drug-likeness (QED) is 0.627. The number of benzene rings is 1. The van der Waals surface area contributed by atoms with Crippen LogP contribution < -0.4 is 11.3 Å². The minimum atomic E-state index is 0.430. The van der Waals surface area contributed by atoms with Crippen molar-refractivity contribution >= 4 is 0 Å². The highest BCUT2D eigenvalue weighted by Gasteiger charge is 2.26. The maximum Gasteiger partial charge on any atom is 0.0279 e. The van der Waals surface area contributed by atoms with Gasteiger partial charge in [0.15, 0.2) is 0 Å². The van der Waals surface area contributed by atoms with E-state index in [1.807, 2.05) is 0 Å². The molecular formula is C17H28N2. The Hall–Kier alpha value is -0.860. The van der Waals surface area contributed by atoms with Gasteiger partial charge >= 0.3 is 0 Å². The number of aryl methyl sites for hydroxylation is 1. The fourth-order valence-corrected chi connectivity index (χ4v) is 3.45. The van der Waals surface area contributed by atoms with Crippen molar-refractivity contribution in [2.45, 2.75) is 58.4 Å². The first kappa shape index (κ1) is 14.5. The normalized spacial score (nSPS) is 25.2. The summed E-state index contributed by atoms with van der Waals surface area (Å²) in [7, 11) is 0. The molecule has 2 rings (SSSR count). The predicted octanol–water partition coefficient (Wildman–Crippen LogP) is 3.59. The molecule has 2 nitrogen and oxygen atoms in total. The van der Waals surface area contributed by atoms with Crippen molar-refractivity contribution in [3.05, 3.63) is 35.4 Å². The molecule has 0 aromatic heterocycles. The zero-order chi connectivity index (χ0) is 13.7. The third-order valence-electron chi connectivity index (χ3n) is 4.79. The van der Waals surface area contributed by atoms with Crippen molar-refractivity contribution in [2.24, 2.45) is 17.7 Å². The van der Waals surface area contributed by atoms with Crippen LogP contribution in [0.5, 0.6) is 0 Å². The topological polar surface area (TPSA) is 38.0 Å². The lowest BCUT2D eigenvalue weighted by atomic mass is 9.76. The average molecular weight is 260 g/mol. The van der Waals surface area contributed by atoms with E-state index in [1.165, 1.54) is 43.2 Å². The van der Waals surface area contributed by atoms with Crippen LogP contribution in [0.1, 0.15) is 50.2 Å². The number of hydrogen-bond donors (Lipinski definition) is 2. The molecule has 0 amide bonds. The second-order valence-corrected chi connectivity index (χ2v) is 6.16. The molecule has 3 N–H and O–H groups in total. The summed E-state index contributed by atoms with van der Waals surface area (Å²) in [5, 5.41) is 0. The molecule has 106 valence electrons. The van der Waals surface area contributed by atoms with E-state index in [2.05, 4.69) is 43.5 Å². The molecule has 1 aliphatic rings. The van der Waals surface area contributed by atoms with Gasteiger partial charge in [0, 0.05) is 6.04 Å². The van der Waals surface area contributed by atoms with Crippen LogP contribution in [-0.2, 0) is 6.42 Å². The Labute approximate surface area is 117 Å². The molecule has 1 fully saturated rings. The van der Waals surface area contributed by atoms with Crippen molar-refractivity contribution in [1.29, 1.82) is 0 Å². The molecule has 0 saturated heterocycles. The van der Waals surface area contributed by atoms with Gasteiger partial charge in [-0.2, -0.15) is 0 Å². The number of hydrazine groups is 1. The van der Waals surface area contributed by atoms with E-state index in [9.17, 15) is 0 Å². The highest BCUT2D eigenvalue weighted by atomic mass is 15.2. The van der Waals surface area contributed by atoms with Crippen molar-refractivity contribution < 1.29 is 0 Å². The van der Waals surface area contributed by atoms with Crippen LogP contribution >= 0.6 is 0 Å². The van der Waals surface area contributed by atoms with Gasteiger partial charge in [0.1, 0.15) is 0 Å². The molecule has 19 heavy (non-hydrogen) atoms. The summed E-state index contributed by atoms with van der Waals surface area (Å²) in [5.74, 6) is 7.50. The van der Waals surface area contributed by atoms with Crippen molar-refractivity contribution in [3.63, 3.8) is 0 Å². The van der Waals surface area contributed by atoms with Crippen LogP contribution in [0.4, 0.5) is 0 Å². The van der Waals surface area contributed by atoms with E-state index in [0.29, 0.717) is 6.04 Å². The smallest absolute Gasteiger partial charge is 0.0279 e. The zero-order valence-corrected chi connectivity index (χ0v) is 12.4. The van der Waals surface area contributed by atoms with Crippen LogP contribution in [0.2, 0.25) is 0 Å². The first-order valence-electron chi connectivity index (χ1n) is 7.74. The Morgan fingerprint density at radius 3 is 2.58 bits per heavy atom. The number of rotatable bonds is 5. The molecule has 0 radical (unpaired) electrons. The molecule has 2 heteroatoms. The molecule has 0 bridgehead atoms. The van der Waals surface area contributed by atoms with Crippen LogP contribution in [0.3, 0.4) is 0 Å². The van der Waals surface area contributed by atoms with E-state index >= 15 is 0 Å². The van der Waals surface area contributed by atoms with Gasteiger partial charge in [0.2, 0.25) is 0 Å². The molecular weight excluding hydrogens is 232 g/mol. The van der Waals surface area contributed by atoms with E-state index in [4.69, 9.17) is 5.84 Å². The summed E-state index contributed by atoms with van der Waals surface area (Å²) < 4.78 is 0. The monoisotopic (exact) mass is 260 g/mol. The van der Waals surface area contributed by atoms with E-state index in [-0.39, 0.29) is 0 Å². The van der Waals surface area contributed by atoms with Crippen molar-refractivity contribution in [3.8, 4) is 0 Å². The summed E-state index contributed by atoms with van der Waals surface area (Å²) >= 11 is 0. The molecule has 1 unspecified atom stereocenters. The lowest BCUT2D eigenvalue weighted by Gasteiger charge is -2.33. The SMILES string of the molecule is CCC1CCC(C(Cc2cccc(C)c2)NN)CC1. The van der Waals surface area contributed by atoms with Crippen LogP contribution in [0.15, 0.2) is 24.3 Å². The zero-order valence-electron chi connectivity index (χ0n) is 12.4. The highest BCUT2D eigenvalue weighted by Crippen LogP contribution is 2.33. The first-order valence-corrected chi connectivity index (χ1v) is 7.74. The van der Waals surface area contributed by atoms with Gasteiger partial charge in [0.25, 0.3) is 0 Å². The van der Waals surface area contributed by atoms with E-state index < -0.39 is 0 Å². The maximum absolute atomic E-state index is 5.81. The molecule has 1 atom stereocenters. The molecule has 1 saturated carbocycles. The second-order valence-electron chi connectivity index (χ2n) is 6.16. The third kappa shape index (κ3) is 4.05. The lowest BCUT2D eigenvalue weighted by molar-refractivity contribution is 0.217. The molecule has 1 aliphatic carbocycles. The van der Waals surface area contributed by atoms with Crippen molar-refractivity contribution in [1.82, 2.24) is 5.43 Å². The summed E-state index contributed by atoms with van der Waals surface area (Å²) in [4.78, 5) is 0. The van der Waals surface area contributed by atoms with Gasteiger partial charge < -0.3 is 0 Å².